The summed E-state index contributed by atoms with van der Waals surface area (Å²) in [5.41, 5.74) is 6.17. The summed E-state index contributed by atoms with van der Waals surface area (Å²) >= 11 is 5.89. The third kappa shape index (κ3) is 3.87. The molecule has 3 N–H and O–H groups in total. The Kier molecular flexibility index (Phi) is 4.84. The van der Waals surface area contributed by atoms with Crippen LogP contribution in [0.25, 0.3) is 0 Å². The van der Waals surface area contributed by atoms with Crippen LogP contribution in [0, 0.1) is 0 Å². The second-order valence-corrected chi connectivity index (χ2v) is 5.27. The third-order valence-corrected chi connectivity index (χ3v) is 3.59. The first kappa shape index (κ1) is 14.7. The molecule has 6 heteroatoms. The summed E-state index contributed by atoms with van der Waals surface area (Å²) in [5, 5.41) is 3.09. The van der Waals surface area contributed by atoms with Crippen molar-refractivity contribution in [3.63, 3.8) is 0 Å². The Labute approximate surface area is 122 Å². The lowest BCUT2D eigenvalue weighted by molar-refractivity contribution is -0.124. The first-order chi connectivity index (χ1) is 9.56. The fourth-order valence-electron chi connectivity index (χ4n) is 2.25. The van der Waals surface area contributed by atoms with E-state index in [0.717, 1.165) is 25.7 Å². The number of hydrogen-bond donors (Lipinski definition) is 2. The Bertz CT molecular complexity index is 513. The van der Waals surface area contributed by atoms with Gasteiger partial charge in [0.25, 0.3) is 5.91 Å². The molecule has 0 radical (unpaired) electrons. The van der Waals surface area contributed by atoms with E-state index in [0.29, 0.717) is 5.69 Å². The van der Waals surface area contributed by atoms with Gasteiger partial charge < -0.3 is 15.8 Å². The summed E-state index contributed by atoms with van der Waals surface area (Å²) in [5.74, 6) is -0.936. The Morgan fingerprint density at radius 3 is 2.75 bits per heavy atom. The Morgan fingerprint density at radius 2 is 2.05 bits per heavy atom. The molecule has 1 fully saturated rings. The van der Waals surface area contributed by atoms with Crippen LogP contribution in [0.5, 0.6) is 0 Å². The number of rotatable bonds is 4. The molecule has 1 saturated carbocycles. The van der Waals surface area contributed by atoms with E-state index >= 15 is 0 Å². The topological polar surface area (TPSA) is 81.4 Å². The summed E-state index contributed by atoms with van der Waals surface area (Å²) in [4.78, 5) is 23.5. The highest BCUT2D eigenvalue weighted by Crippen LogP contribution is 2.20. The van der Waals surface area contributed by atoms with Crippen molar-refractivity contribution < 1.29 is 14.3 Å². The highest BCUT2D eigenvalue weighted by Gasteiger charge is 2.19. The molecule has 1 aromatic rings. The summed E-state index contributed by atoms with van der Waals surface area (Å²) < 4.78 is 4.95. The highest BCUT2D eigenvalue weighted by molar-refractivity contribution is 6.33. The van der Waals surface area contributed by atoms with E-state index in [1.54, 1.807) is 6.07 Å². The number of nitrogens with two attached hydrogens (primary N) is 1. The molecule has 0 bridgehead atoms. The largest absolute Gasteiger partial charge is 0.452 e. The van der Waals surface area contributed by atoms with Crippen LogP contribution < -0.4 is 11.1 Å². The summed E-state index contributed by atoms with van der Waals surface area (Å²) in [6, 6.07) is 4.74. The average Bonchev–Trinajstić information content (AvgIpc) is 2.91. The van der Waals surface area contributed by atoms with Gasteiger partial charge in [0.1, 0.15) is 0 Å². The minimum absolute atomic E-state index is 0.167. The molecule has 0 saturated heterocycles. The van der Waals surface area contributed by atoms with Crippen LogP contribution in [-0.4, -0.2) is 24.5 Å². The maximum absolute atomic E-state index is 11.8. The first-order valence-corrected chi connectivity index (χ1v) is 6.95. The number of carbonyl (C=O) groups excluding carboxylic acids is 2. The van der Waals surface area contributed by atoms with Crippen molar-refractivity contribution in [2.75, 3.05) is 12.3 Å². The molecule has 1 aliphatic rings. The molecule has 20 heavy (non-hydrogen) atoms. The van der Waals surface area contributed by atoms with E-state index in [2.05, 4.69) is 5.32 Å². The van der Waals surface area contributed by atoms with Gasteiger partial charge in [0.15, 0.2) is 6.61 Å². The quantitative estimate of drug-likeness (QED) is 0.659. The number of ether oxygens (including phenoxy) is 1. The van der Waals surface area contributed by atoms with Gasteiger partial charge in [-0.3, -0.25) is 4.79 Å². The number of nitrogen functional groups attached to an aromatic ring is 1. The van der Waals surface area contributed by atoms with E-state index < -0.39 is 5.97 Å². The van der Waals surface area contributed by atoms with Crippen LogP contribution in [0.15, 0.2) is 18.2 Å². The first-order valence-electron chi connectivity index (χ1n) is 6.58. The van der Waals surface area contributed by atoms with Gasteiger partial charge in [-0.25, -0.2) is 4.79 Å². The SMILES string of the molecule is Nc1ccc(Cl)c(C(=O)OCC(=O)NC2CCCC2)c1. The van der Waals surface area contributed by atoms with Crippen LogP contribution in [0.3, 0.4) is 0 Å². The number of carbonyl (C=O) groups is 2. The van der Waals surface area contributed by atoms with Gasteiger partial charge in [-0.05, 0) is 31.0 Å². The zero-order chi connectivity index (χ0) is 14.5. The number of hydrogen-bond acceptors (Lipinski definition) is 4. The molecule has 0 atom stereocenters. The van der Waals surface area contributed by atoms with E-state index in [1.165, 1.54) is 12.1 Å². The monoisotopic (exact) mass is 296 g/mol. The fraction of sp³-hybridized carbons (Fsp3) is 0.429. The summed E-state index contributed by atoms with van der Waals surface area (Å²) in [7, 11) is 0. The molecule has 0 heterocycles. The van der Waals surface area contributed by atoms with Gasteiger partial charge in [0.05, 0.1) is 10.6 Å². The molecule has 0 aliphatic heterocycles. The molecule has 108 valence electrons. The minimum atomic E-state index is -0.649. The molecule has 0 aromatic heterocycles. The Hall–Kier alpha value is -1.75. The lowest BCUT2D eigenvalue weighted by atomic mass is 10.2. The number of anilines is 1. The van der Waals surface area contributed by atoms with E-state index in [1.807, 2.05) is 0 Å². The van der Waals surface area contributed by atoms with Crippen LogP contribution in [-0.2, 0) is 9.53 Å². The predicted octanol–water partition coefficient (Wildman–Crippen LogP) is 2.14. The maximum Gasteiger partial charge on any atom is 0.340 e. The standard InChI is InChI=1S/C14H17ClN2O3/c15-12-6-5-9(16)7-11(12)14(19)20-8-13(18)17-10-3-1-2-4-10/h5-7,10H,1-4,8,16H2,(H,17,18). The smallest absolute Gasteiger partial charge is 0.340 e. The van der Waals surface area contributed by atoms with Crippen molar-refractivity contribution in [1.82, 2.24) is 5.32 Å². The number of nitrogens with one attached hydrogen (secondary N) is 1. The van der Waals surface area contributed by atoms with Gasteiger partial charge >= 0.3 is 5.97 Å². The Balaban J connectivity index is 1.85. The normalized spacial score (nSPS) is 15.1. The fourth-order valence-corrected chi connectivity index (χ4v) is 2.44. The molecule has 1 aliphatic carbocycles. The summed E-state index contributed by atoms with van der Waals surface area (Å²) in [6.07, 6.45) is 4.23. The maximum atomic E-state index is 11.8. The number of benzene rings is 1. The minimum Gasteiger partial charge on any atom is -0.452 e. The van der Waals surface area contributed by atoms with Gasteiger partial charge in [0, 0.05) is 11.7 Å². The van der Waals surface area contributed by atoms with Gasteiger partial charge in [-0.1, -0.05) is 24.4 Å². The van der Waals surface area contributed by atoms with E-state index in [9.17, 15) is 9.59 Å². The zero-order valence-corrected chi connectivity index (χ0v) is 11.8. The van der Waals surface area contributed by atoms with Crippen molar-refractivity contribution in [2.45, 2.75) is 31.7 Å². The van der Waals surface area contributed by atoms with Crippen molar-refractivity contribution in [3.05, 3.63) is 28.8 Å². The van der Waals surface area contributed by atoms with Crippen LogP contribution in [0.1, 0.15) is 36.0 Å². The van der Waals surface area contributed by atoms with Gasteiger partial charge in [0.2, 0.25) is 0 Å². The molecule has 1 aromatic carbocycles. The van der Waals surface area contributed by atoms with Crippen molar-refractivity contribution in [2.24, 2.45) is 0 Å². The van der Waals surface area contributed by atoms with E-state index in [4.69, 9.17) is 22.1 Å². The van der Waals surface area contributed by atoms with Crippen molar-refractivity contribution in [1.29, 1.82) is 0 Å². The predicted molar refractivity (Wildman–Crippen MR) is 76.5 cm³/mol. The van der Waals surface area contributed by atoms with Crippen LogP contribution in [0.4, 0.5) is 5.69 Å². The molecule has 1 amide bonds. The lowest BCUT2D eigenvalue weighted by Crippen LogP contribution is -2.35. The molecule has 0 unspecified atom stereocenters. The molecular formula is C14H17ClN2O3. The average molecular weight is 297 g/mol. The summed E-state index contributed by atoms with van der Waals surface area (Å²) in [6.45, 7) is -0.305. The van der Waals surface area contributed by atoms with E-state index in [-0.39, 0.29) is 29.1 Å². The number of halogens is 1. The molecule has 0 spiro atoms. The molecular weight excluding hydrogens is 280 g/mol. The second kappa shape index (κ2) is 6.61. The van der Waals surface area contributed by atoms with Crippen molar-refractivity contribution in [3.8, 4) is 0 Å². The van der Waals surface area contributed by atoms with Gasteiger partial charge in [-0.15, -0.1) is 0 Å². The van der Waals surface area contributed by atoms with Gasteiger partial charge in [-0.2, -0.15) is 0 Å². The van der Waals surface area contributed by atoms with Crippen LogP contribution in [0.2, 0.25) is 5.02 Å². The number of amides is 1. The molecule has 5 nitrogen and oxygen atoms in total. The highest BCUT2D eigenvalue weighted by atomic mass is 35.5. The zero-order valence-electron chi connectivity index (χ0n) is 11.0. The lowest BCUT2D eigenvalue weighted by Gasteiger charge is -2.12. The third-order valence-electron chi connectivity index (χ3n) is 3.26. The number of esters is 1. The van der Waals surface area contributed by atoms with Crippen molar-refractivity contribution >= 4 is 29.2 Å². The Morgan fingerprint density at radius 1 is 1.35 bits per heavy atom. The molecule has 2 rings (SSSR count). The second-order valence-electron chi connectivity index (χ2n) is 4.86. The van der Waals surface area contributed by atoms with Crippen LogP contribution >= 0.6 is 11.6 Å².